The van der Waals surface area contributed by atoms with E-state index in [2.05, 4.69) is 10.6 Å². The predicted molar refractivity (Wildman–Crippen MR) is 72.9 cm³/mol. The minimum absolute atomic E-state index is 0.0225. The number of carbonyl (C=O) groups excluding carboxylic acids is 1. The average Bonchev–Trinajstić information content (AvgIpc) is 2.24. The van der Waals surface area contributed by atoms with E-state index in [1.54, 1.807) is 24.3 Å². The van der Waals surface area contributed by atoms with Gasteiger partial charge in [0, 0.05) is 12.1 Å². The third kappa shape index (κ3) is 4.62. The number of rotatable bonds is 5. The van der Waals surface area contributed by atoms with Crippen molar-refractivity contribution in [2.75, 3.05) is 18.4 Å². The smallest absolute Gasteiger partial charge is 0.224 e. The summed E-state index contributed by atoms with van der Waals surface area (Å²) in [5, 5.41) is 10.9. The van der Waals surface area contributed by atoms with E-state index in [4.69, 9.17) is 5.14 Å². The third-order valence-corrected chi connectivity index (χ3v) is 3.68. The Morgan fingerprint density at radius 3 is 2.42 bits per heavy atom. The fourth-order valence-electron chi connectivity index (χ4n) is 1.88. The second kappa shape index (κ2) is 5.68. The molecular formula is C12H17N3O3S. The Hall–Kier alpha value is -1.44. The lowest BCUT2D eigenvalue weighted by Gasteiger charge is -2.26. The molecule has 0 atom stereocenters. The predicted octanol–water partition coefficient (Wildman–Crippen LogP) is 0.0231. The summed E-state index contributed by atoms with van der Waals surface area (Å²) < 4.78 is 21.9. The Bertz CT molecular complexity index is 550. The summed E-state index contributed by atoms with van der Waals surface area (Å²) in [6.07, 6.45) is 0.506. The van der Waals surface area contributed by atoms with Crippen molar-refractivity contribution in [3.05, 3.63) is 29.8 Å². The maximum absolute atomic E-state index is 11.7. The van der Waals surface area contributed by atoms with Gasteiger partial charge in [-0.1, -0.05) is 12.1 Å². The lowest BCUT2D eigenvalue weighted by atomic mass is 9.99. The summed E-state index contributed by atoms with van der Waals surface area (Å²) in [4.78, 5) is 11.7. The number of nitrogens with one attached hydrogen (secondary N) is 2. The average molecular weight is 283 g/mol. The van der Waals surface area contributed by atoms with Crippen molar-refractivity contribution in [2.45, 2.75) is 12.2 Å². The summed E-state index contributed by atoms with van der Waals surface area (Å²) in [5.74, 6) is 0.196. The SMILES string of the molecule is NS(=O)(=O)Cc1ccc(NC(=O)CC2CNC2)cc1. The van der Waals surface area contributed by atoms with Crippen LogP contribution in [0.3, 0.4) is 0 Å². The number of sulfonamides is 1. The van der Waals surface area contributed by atoms with Gasteiger partial charge in [-0.2, -0.15) is 0 Å². The van der Waals surface area contributed by atoms with Crippen LogP contribution in [0.25, 0.3) is 0 Å². The molecule has 6 nitrogen and oxygen atoms in total. The standard InChI is InChI=1S/C12H17N3O3S/c13-19(17,18)8-9-1-3-11(4-2-9)15-12(16)5-10-6-14-7-10/h1-4,10,14H,5-8H2,(H,15,16)(H2,13,17,18). The van der Waals surface area contributed by atoms with Gasteiger partial charge in [-0.25, -0.2) is 13.6 Å². The van der Waals surface area contributed by atoms with Crippen LogP contribution in [0.15, 0.2) is 24.3 Å². The first-order chi connectivity index (χ1) is 8.92. The molecule has 1 heterocycles. The lowest BCUT2D eigenvalue weighted by molar-refractivity contribution is -0.117. The second-order valence-corrected chi connectivity index (χ2v) is 6.40. The molecule has 1 aromatic rings. The first-order valence-corrected chi connectivity index (χ1v) is 7.74. The number of anilines is 1. The Morgan fingerprint density at radius 2 is 1.95 bits per heavy atom. The van der Waals surface area contributed by atoms with Crippen molar-refractivity contribution < 1.29 is 13.2 Å². The van der Waals surface area contributed by atoms with Gasteiger partial charge >= 0.3 is 0 Å². The quantitative estimate of drug-likeness (QED) is 0.709. The molecule has 1 amide bonds. The molecule has 1 fully saturated rings. The molecule has 1 aliphatic heterocycles. The van der Waals surface area contributed by atoms with Gasteiger partial charge < -0.3 is 10.6 Å². The second-order valence-electron chi connectivity index (χ2n) is 4.78. The maximum Gasteiger partial charge on any atom is 0.224 e. The Labute approximate surface area is 112 Å². The van der Waals surface area contributed by atoms with Crippen LogP contribution in [-0.4, -0.2) is 27.4 Å². The fourth-order valence-corrected chi connectivity index (χ4v) is 2.54. The topological polar surface area (TPSA) is 101 Å². The molecular weight excluding hydrogens is 266 g/mol. The number of primary sulfonamides is 1. The maximum atomic E-state index is 11.7. The number of nitrogens with two attached hydrogens (primary N) is 1. The number of hydrogen-bond donors (Lipinski definition) is 3. The molecule has 0 radical (unpaired) electrons. The van der Waals surface area contributed by atoms with Crippen LogP contribution in [0.1, 0.15) is 12.0 Å². The first kappa shape index (κ1) is 14.0. The Morgan fingerprint density at radius 1 is 1.32 bits per heavy atom. The van der Waals surface area contributed by atoms with Gasteiger partial charge in [-0.05, 0) is 36.7 Å². The van der Waals surface area contributed by atoms with Crippen molar-refractivity contribution >= 4 is 21.6 Å². The van der Waals surface area contributed by atoms with Crippen molar-refractivity contribution in [1.29, 1.82) is 0 Å². The minimum atomic E-state index is -3.52. The molecule has 2 rings (SSSR count). The molecule has 0 aliphatic carbocycles. The Balaban J connectivity index is 1.89. The third-order valence-electron chi connectivity index (χ3n) is 2.95. The van der Waals surface area contributed by atoms with Gasteiger partial charge in [0.25, 0.3) is 0 Å². The summed E-state index contributed by atoms with van der Waals surface area (Å²) in [6, 6.07) is 6.64. The van der Waals surface area contributed by atoms with E-state index in [1.165, 1.54) is 0 Å². The van der Waals surface area contributed by atoms with Crippen LogP contribution in [0, 0.1) is 5.92 Å². The summed E-state index contributed by atoms with van der Waals surface area (Å²) in [6.45, 7) is 1.78. The van der Waals surface area contributed by atoms with E-state index >= 15 is 0 Å². The van der Waals surface area contributed by atoms with Crippen LogP contribution in [-0.2, 0) is 20.6 Å². The summed E-state index contributed by atoms with van der Waals surface area (Å²) >= 11 is 0. The van der Waals surface area contributed by atoms with E-state index in [9.17, 15) is 13.2 Å². The molecule has 104 valence electrons. The monoisotopic (exact) mass is 283 g/mol. The minimum Gasteiger partial charge on any atom is -0.326 e. The lowest BCUT2D eigenvalue weighted by Crippen LogP contribution is -2.43. The zero-order chi connectivity index (χ0) is 13.9. The van der Waals surface area contributed by atoms with Gasteiger partial charge in [0.1, 0.15) is 0 Å². The molecule has 4 N–H and O–H groups in total. The highest BCUT2D eigenvalue weighted by Crippen LogP contribution is 2.14. The molecule has 0 aromatic heterocycles. The van der Waals surface area contributed by atoms with Gasteiger partial charge in [0.15, 0.2) is 0 Å². The van der Waals surface area contributed by atoms with Crippen molar-refractivity contribution in [3.63, 3.8) is 0 Å². The van der Waals surface area contributed by atoms with Crippen LogP contribution in [0.4, 0.5) is 5.69 Å². The van der Waals surface area contributed by atoms with Gasteiger partial charge in [0.05, 0.1) is 5.75 Å². The van der Waals surface area contributed by atoms with E-state index in [0.717, 1.165) is 13.1 Å². The fraction of sp³-hybridized carbons (Fsp3) is 0.417. The van der Waals surface area contributed by atoms with Crippen molar-refractivity contribution in [1.82, 2.24) is 5.32 Å². The van der Waals surface area contributed by atoms with Crippen molar-refractivity contribution in [3.8, 4) is 0 Å². The van der Waals surface area contributed by atoms with E-state index < -0.39 is 10.0 Å². The van der Waals surface area contributed by atoms with E-state index in [1.807, 2.05) is 0 Å². The number of hydrogen-bond acceptors (Lipinski definition) is 4. The highest BCUT2D eigenvalue weighted by molar-refractivity contribution is 7.88. The number of amides is 1. The summed E-state index contributed by atoms with van der Waals surface area (Å²) in [5.41, 5.74) is 1.26. The Kier molecular flexibility index (Phi) is 4.18. The molecule has 1 aromatic carbocycles. The van der Waals surface area contributed by atoms with Gasteiger partial charge in [-0.3, -0.25) is 4.79 Å². The molecule has 19 heavy (non-hydrogen) atoms. The normalized spacial score (nSPS) is 15.8. The molecule has 7 heteroatoms. The molecule has 1 saturated heterocycles. The van der Waals surface area contributed by atoms with Crippen LogP contribution < -0.4 is 15.8 Å². The highest BCUT2D eigenvalue weighted by atomic mass is 32.2. The van der Waals surface area contributed by atoms with Crippen LogP contribution in [0.5, 0.6) is 0 Å². The zero-order valence-corrected chi connectivity index (χ0v) is 11.2. The molecule has 0 spiro atoms. The number of benzene rings is 1. The van der Waals surface area contributed by atoms with Crippen LogP contribution in [0.2, 0.25) is 0 Å². The van der Waals surface area contributed by atoms with Gasteiger partial charge in [-0.15, -0.1) is 0 Å². The molecule has 1 aliphatic rings. The van der Waals surface area contributed by atoms with Gasteiger partial charge in [0.2, 0.25) is 15.9 Å². The largest absolute Gasteiger partial charge is 0.326 e. The molecule has 0 unspecified atom stereocenters. The van der Waals surface area contributed by atoms with E-state index in [-0.39, 0.29) is 11.7 Å². The van der Waals surface area contributed by atoms with Crippen LogP contribution >= 0.6 is 0 Å². The zero-order valence-electron chi connectivity index (χ0n) is 10.4. The molecule has 0 saturated carbocycles. The number of carbonyl (C=O) groups is 1. The first-order valence-electron chi connectivity index (χ1n) is 6.02. The van der Waals surface area contributed by atoms with E-state index in [0.29, 0.717) is 23.6 Å². The highest BCUT2D eigenvalue weighted by Gasteiger charge is 2.19. The van der Waals surface area contributed by atoms with Crippen molar-refractivity contribution in [2.24, 2.45) is 11.1 Å². The molecule has 0 bridgehead atoms. The summed E-state index contributed by atoms with van der Waals surface area (Å²) in [7, 11) is -3.52.